The summed E-state index contributed by atoms with van der Waals surface area (Å²) in [5.41, 5.74) is 0. The number of rotatable bonds is 4. The average Bonchev–Trinajstić information content (AvgIpc) is 2.23. The van der Waals surface area contributed by atoms with Gasteiger partial charge in [-0.3, -0.25) is 0 Å². The average molecular weight is 224 g/mol. The third-order valence-corrected chi connectivity index (χ3v) is 2.24. The molecule has 0 saturated carbocycles. The van der Waals surface area contributed by atoms with Gasteiger partial charge in [-0.25, -0.2) is 0 Å². The summed E-state index contributed by atoms with van der Waals surface area (Å²) in [6.07, 6.45) is -6.30. The highest BCUT2D eigenvalue weighted by Gasteiger charge is 2.44. The molecule has 1 aliphatic heterocycles. The van der Waals surface area contributed by atoms with Crippen molar-refractivity contribution in [1.82, 2.24) is 0 Å². The molecule has 7 heteroatoms. The van der Waals surface area contributed by atoms with E-state index in [0.29, 0.717) is 0 Å². The molecule has 0 aromatic rings. The van der Waals surface area contributed by atoms with E-state index in [2.05, 4.69) is 0 Å². The van der Waals surface area contributed by atoms with E-state index in [9.17, 15) is 15.3 Å². The lowest BCUT2D eigenvalue weighted by Crippen LogP contribution is -2.59. The Morgan fingerprint density at radius 2 is 1.73 bits per heavy atom. The Balaban J connectivity index is 2.58. The highest BCUT2D eigenvalue weighted by atomic mass is 16.7. The Hall–Kier alpha value is -0.280. The molecule has 1 aliphatic rings. The Bertz CT molecular complexity index is 188. The molecule has 0 aromatic carbocycles. The second-order valence-corrected chi connectivity index (χ2v) is 3.29. The molecular weight excluding hydrogens is 208 g/mol. The molecule has 90 valence electrons. The molecule has 0 spiro atoms. The van der Waals surface area contributed by atoms with Crippen molar-refractivity contribution in [2.75, 3.05) is 19.8 Å². The van der Waals surface area contributed by atoms with Gasteiger partial charge < -0.3 is 35.0 Å². The van der Waals surface area contributed by atoms with Crippen LogP contribution in [-0.4, -0.2) is 76.1 Å². The summed E-state index contributed by atoms with van der Waals surface area (Å²) < 4.78 is 9.72. The molecule has 0 aliphatic carbocycles. The summed E-state index contributed by atoms with van der Waals surface area (Å²) in [7, 11) is 0. The van der Waals surface area contributed by atoms with Crippen molar-refractivity contribution in [3.05, 3.63) is 0 Å². The summed E-state index contributed by atoms with van der Waals surface area (Å²) in [6, 6.07) is 0. The normalized spacial score (nSPS) is 41.8. The van der Waals surface area contributed by atoms with Crippen molar-refractivity contribution < 1.29 is 35.0 Å². The quantitative estimate of drug-likeness (QED) is 0.341. The molecule has 5 N–H and O–H groups in total. The Morgan fingerprint density at radius 3 is 2.27 bits per heavy atom. The van der Waals surface area contributed by atoms with Gasteiger partial charge in [-0.2, -0.15) is 0 Å². The van der Waals surface area contributed by atoms with E-state index in [1.807, 2.05) is 0 Å². The largest absolute Gasteiger partial charge is 0.394 e. The first-order valence-electron chi connectivity index (χ1n) is 4.64. The van der Waals surface area contributed by atoms with E-state index in [1.165, 1.54) is 0 Å². The van der Waals surface area contributed by atoms with Crippen LogP contribution >= 0.6 is 0 Å². The highest BCUT2D eigenvalue weighted by molar-refractivity contribution is 4.89. The molecule has 0 unspecified atom stereocenters. The van der Waals surface area contributed by atoms with Gasteiger partial charge in [-0.15, -0.1) is 0 Å². The fourth-order valence-corrected chi connectivity index (χ4v) is 1.44. The Labute approximate surface area is 86.5 Å². The SMILES string of the molecule is OCCO[C@@H]1[C@@H](O)[C@H](O)[C@@H](CO)O[C@H]1O. The maximum absolute atomic E-state index is 9.53. The zero-order valence-corrected chi connectivity index (χ0v) is 8.06. The molecule has 1 heterocycles. The summed E-state index contributed by atoms with van der Waals surface area (Å²) in [4.78, 5) is 0. The zero-order valence-electron chi connectivity index (χ0n) is 8.06. The third kappa shape index (κ3) is 2.85. The standard InChI is InChI=1S/C8H16O7/c9-1-2-14-7-6(12)5(11)4(3-10)15-8(7)13/h4-13H,1-3H2/t4-,5-,6+,7-,8-/m1/s1. The molecule has 1 fully saturated rings. The van der Waals surface area contributed by atoms with Gasteiger partial charge in [-0.1, -0.05) is 0 Å². The van der Waals surface area contributed by atoms with Crippen LogP contribution in [-0.2, 0) is 9.47 Å². The van der Waals surface area contributed by atoms with Gasteiger partial charge in [0, 0.05) is 0 Å². The first-order valence-corrected chi connectivity index (χ1v) is 4.64. The smallest absolute Gasteiger partial charge is 0.184 e. The van der Waals surface area contributed by atoms with Crippen LogP contribution in [0.5, 0.6) is 0 Å². The van der Waals surface area contributed by atoms with E-state index in [1.54, 1.807) is 0 Å². The van der Waals surface area contributed by atoms with Crippen LogP contribution in [0.15, 0.2) is 0 Å². The van der Waals surface area contributed by atoms with Gasteiger partial charge in [0.2, 0.25) is 0 Å². The fraction of sp³-hybridized carbons (Fsp3) is 1.00. The summed E-state index contributed by atoms with van der Waals surface area (Å²) in [5, 5.41) is 45.6. The summed E-state index contributed by atoms with van der Waals surface area (Å²) in [5.74, 6) is 0. The molecular formula is C8H16O7. The molecule has 5 atom stereocenters. The van der Waals surface area contributed by atoms with Crippen molar-refractivity contribution in [2.24, 2.45) is 0 Å². The number of hydrogen-bond acceptors (Lipinski definition) is 7. The zero-order chi connectivity index (χ0) is 11.4. The fourth-order valence-electron chi connectivity index (χ4n) is 1.44. The summed E-state index contributed by atoms with van der Waals surface area (Å²) in [6.45, 7) is -0.865. The number of ether oxygens (including phenoxy) is 2. The van der Waals surface area contributed by atoms with E-state index in [4.69, 9.17) is 19.7 Å². The molecule has 0 aromatic heterocycles. The van der Waals surface area contributed by atoms with Crippen LogP contribution < -0.4 is 0 Å². The monoisotopic (exact) mass is 224 g/mol. The van der Waals surface area contributed by atoms with Gasteiger partial charge in [0.25, 0.3) is 0 Å². The van der Waals surface area contributed by atoms with Gasteiger partial charge in [0.1, 0.15) is 24.4 Å². The minimum absolute atomic E-state index is 0.0847. The minimum atomic E-state index is -1.44. The summed E-state index contributed by atoms with van der Waals surface area (Å²) >= 11 is 0. The van der Waals surface area contributed by atoms with E-state index >= 15 is 0 Å². The lowest BCUT2D eigenvalue weighted by Gasteiger charge is -2.39. The van der Waals surface area contributed by atoms with Crippen molar-refractivity contribution in [3.63, 3.8) is 0 Å². The van der Waals surface area contributed by atoms with Crippen LogP contribution in [0.25, 0.3) is 0 Å². The van der Waals surface area contributed by atoms with Crippen LogP contribution in [0.1, 0.15) is 0 Å². The molecule has 0 radical (unpaired) electrons. The Kier molecular flexibility index (Phi) is 4.87. The predicted molar refractivity (Wildman–Crippen MR) is 46.8 cm³/mol. The van der Waals surface area contributed by atoms with E-state index < -0.39 is 37.3 Å². The van der Waals surface area contributed by atoms with Crippen molar-refractivity contribution in [3.8, 4) is 0 Å². The maximum atomic E-state index is 9.53. The molecule has 1 saturated heterocycles. The van der Waals surface area contributed by atoms with Gasteiger partial charge in [-0.05, 0) is 0 Å². The molecule has 7 nitrogen and oxygen atoms in total. The van der Waals surface area contributed by atoms with Gasteiger partial charge in [0.05, 0.1) is 19.8 Å². The van der Waals surface area contributed by atoms with Crippen LogP contribution in [0.3, 0.4) is 0 Å². The highest BCUT2D eigenvalue weighted by Crippen LogP contribution is 2.21. The molecule has 0 amide bonds. The van der Waals surface area contributed by atoms with Crippen LogP contribution in [0, 0.1) is 0 Å². The topological polar surface area (TPSA) is 120 Å². The van der Waals surface area contributed by atoms with Crippen molar-refractivity contribution >= 4 is 0 Å². The van der Waals surface area contributed by atoms with Gasteiger partial charge >= 0.3 is 0 Å². The first-order chi connectivity index (χ1) is 7.11. The maximum Gasteiger partial charge on any atom is 0.184 e. The van der Waals surface area contributed by atoms with Crippen LogP contribution in [0.4, 0.5) is 0 Å². The molecule has 1 rings (SSSR count). The van der Waals surface area contributed by atoms with E-state index in [-0.39, 0.29) is 13.2 Å². The van der Waals surface area contributed by atoms with Crippen molar-refractivity contribution in [2.45, 2.75) is 30.7 Å². The predicted octanol–water partition coefficient (Wildman–Crippen LogP) is -3.20. The van der Waals surface area contributed by atoms with Gasteiger partial charge in [0.15, 0.2) is 6.29 Å². The number of aliphatic hydroxyl groups is 5. The van der Waals surface area contributed by atoms with Crippen LogP contribution in [0.2, 0.25) is 0 Å². The number of hydrogen-bond donors (Lipinski definition) is 5. The number of aliphatic hydroxyl groups excluding tert-OH is 5. The second-order valence-electron chi connectivity index (χ2n) is 3.29. The van der Waals surface area contributed by atoms with E-state index in [0.717, 1.165) is 0 Å². The lowest BCUT2D eigenvalue weighted by molar-refractivity contribution is -0.297. The van der Waals surface area contributed by atoms with Crippen molar-refractivity contribution in [1.29, 1.82) is 0 Å². The molecule has 0 bridgehead atoms. The third-order valence-electron chi connectivity index (χ3n) is 2.24. The lowest BCUT2D eigenvalue weighted by atomic mass is 9.99. The molecule has 15 heavy (non-hydrogen) atoms. The Morgan fingerprint density at radius 1 is 1.07 bits per heavy atom. The first kappa shape index (κ1) is 12.8. The minimum Gasteiger partial charge on any atom is -0.394 e. The second kappa shape index (κ2) is 5.71.